The Morgan fingerprint density at radius 3 is 3.04 bits per heavy atom. The van der Waals surface area contributed by atoms with Crippen LogP contribution in [-0.4, -0.2) is 29.8 Å². The van der Waals surface area contributed by atoms with Crippen LogP contribution < -0.4 is 4.74 Å². The van der Waals surface area contributed by atoms with Crippen molar-refractivity contribution in [1.82, 2.24) is 9.97 Å². The van der Waals surface area contributed by atoms with E-state index in [0.29, 0.717) is 40.5 Å². The van der Waals surface area contributed by atoms with Crippen LogP contribution in [-0.2, 0) is 0 Å². The largest absolute Gasteiger partial charge is 0.489 e. The summed E-state index contributed by atoms with van der Waals surface area (Å²) in [7, 11) is 1.72. The highest BCUT2D eigenvalue weighted by atomic mass is 16.5. The molecule has 0 saturated carbocycles. The van der Waals surface area contributed by atoms with Crippen LogP contribution in [0.5, 0.6) is 5.75 Å². The molecular formula is C19H16N4O2. The van der Waals surface area contributed by atoms with Gasteiger partial charge in [-0.15, -0.1) is 0 Å². The number of allylic oxidation sites excluding steroid dienone is 1. The van der Waals surface area contributed by atoms with Gasteiger partial charge in [0, 0.05) is 37.3 Å². The van der Waals surface area contributed by atoms with Crippen molar-refractivity contribution in [2.75, 3.05) is 13.7 Å². The van der Waals surface area contributed by atoms with Crippen LogP contribution in [0.15, 0.2) is 57.7 Å². The molecule has 0 amide bonds. The van der Waals surface area contributed by atoms with Gasteiger partial charge >= 0.3 is 0 Å². The van der Waals surface area contributed by atoms with E-state index >= 15 is 0 Å². The molecule has 0 radical (unpaired) electrons. The Labute approximate surface area is 145 Å². The predicted molar refractivity (Wildman–Crippen MR) is 95.6 cm³/mol. The molecule has 0 N–H and O–H groups in total. The topological polar surface area (TPSA) is 84.3 Å². The van der Waals surface area contributed by atoms with Crippen LogP contribution >= 0.6 is 0 Å². The number of nitriles is 1. The molecule has 3 rings (SSSR count). The molecule has 6 heteroatoms. The second-order valence-electron chi connectivity index (χ2n) is 5.22. The van der Waals surface area contributed by atoms with Crippen molar-refractivity contribution in [1.29, 1.82) is 5.26 Å². The van der Waals surface area contributed by atoms with Gasteiger partial charge in [-0.25, -0.2) is 4.98 Å². The molecule has 0 aliphatic heterocycles. The average Bonchev–Trinajstić information content (AvgIpc) is 3.08. The van der Waals surface area contributed by atoms with E-state index in [9.17, 15) is 5.26 Å². The third-order valence-corrected chi connectivity index (χ3v) is 3.60. The Morgan fingerprint density at radius 1 is 1.40 bits per heavy atom. The number of aromatic nitrogens is 2. The van der Waals surface area contributed by atoms with Crippen molar-refractivity contribution in [2.45, 2.75) is 6.92 Å². The lowest BCUT2D eigenvalue weighted by Gasteiger charge is -2.05. The zero-order chi connectivity index (χ0) is 17.6. The van der Waals surface area contributed by atoms with Crippen LogP contribution in [0.25, 0.3) is 22.6 Å². The lowest BCUT2D eigenvalue weighted by Crippen LogP contribution is -2.02. The first-order chi connectivity index (χ1) is 12.2. The van der Waals surface area contributed by atoms with Crippen molar-refractivity contribution in [2.24, 2.45) is 4.99 Å². The molecule has 0 spiro atoms. The minimum Gasteiger partial charge on any atom is -0.489 e. The van der Waals surface area contributed by atoms with Crippen molar-refractivity contribution in [3.63, 3.8) is 0 Å². The van der Waals surface area contributed by atoms with Gasteiger partial charge in [-0.3, -0.25) is 9.98 Å². The highest BCUT2D eigenvalue weighted by molar-refractivity contribution is 5.79. The Morgan fingerprint density at radius 2 is 2.28 bits per heavy atom. The van der Waals surface area contributed by atoms with Gasteiger partial charge in [-0.1, -0.05) is 6.08 Å². The maximum Gasteiger partial charge on any atom is 0.230 e. The van der Waals surface area contributed by atoms with E-state index in [2.05, 4.69) is 21.0 Å². The highest BCUT2D eigenvalue weighted by Gasteiger charge is 2.13. The number of oxazole rings is 1. The molecule has 0 saturated heterocycles. The zero-order valence-electron chi connectivity index (χ0n) is 13.9. The summed E-state index contributed by atoms with van der Waals surface area (Å²) < 4.78 is 11.5. The fourth-order valence-electron chi connectivity index (χ4n) is 2.30. The van der Waals surface area contributed by atoms with Crippen molar-refractivity contribution < 1.29 is 9.15 Å². The lowest BCUT2D eigenvalue weighted by molar-refractivity contribution is 0.358. The number of fused-ring (bicyclic) bond motifs is 1. The third kappa shape index (κ3) is 3.56. The maximum absolute atomic E-state index is 9.20. The van der Waals surface area contributed by atoms with E-state index in [0.717, 1.165) is 5.57 Å². The van der Waals surface area contributed by atoms with E-state index in [1.165, 1.54) is 0 Å². The SMILES string of the molecule is C/C=C(\C=N/C)COc1ccc2oc(-c3cnccc3C#N)nc2c1. The summed E-state index contributed by atoms with van der Waals surface area (Å²) in [6.45, 7) is 2.36. The van der Waals surface area contributed by atoms with Gasteiger partial charge in [-0.05, 0) is 25.1 Å². The van der Waals surface area contributed by atoms with Gasteiger partial charge in [0.2, 0.25) is 5.89 Å². The molecule has 6 nitrogen and oxygen atoms in total. The van der Waals surface area contributed by atoms with E-state index in [4.69, 9.17) is 9.15 Å². The molecular weight excluding hydrogens is 316 g/mol. The number of rotatable bonds is 5. The number of pyridine rings is 1. The zero-order valence-corrected chi connectivity index (χ0v) is 13.9. The molecule has 3 aromatic rings. The quantitative estimate of drug-likeness (QED) is 0.664. The molecule has 124 valence electrons. The molecule has 0 aliphatic carbocycles. The van der Waals surface area contributed by atoms with Crippen molar-refractivity contribution in [3.8, 4) is 23.3 Å². The first-order valence-corrected chi connectivity index (χ1v) is 7.70. The molecule has 25 heavy (non-hydrogen) atoms. The average molecular weight is 332 g/mol. The standard InChI is InChI=1S/C19H16N4O2/c1-3-13(10-21-2)12-24-15-4-5-18-17(8-15)23-19(25-18)16-11-22-7-6-14(16)9-20/h3-8,10-11H,12H2,1-2H3/b13-3+,21-10-. The third-order valence-electron chi connectivity index (χ3n) is 3.60. The first kappa shape index (κ1) is 16.4. The minimum atomic E-state index is 0.365. The van der Waals surface area contributed by atoms with Crippen LogP contribution in [0, 0.1) is 11.3 Å². The molecule has 0 atom stereocenters. The van der Waals surface area contributed by atoms with E-state index in [1.807, 2.05) is 19.1 Å². The highest BCUT2D eigenvalue weighted by Crippen LogP contribution is 2.28. The molecule has 2 heterocycles. The summed E-state index contributed by atoms with van der Waals surface area (Å²) in [5, 5.41) is 9.20. The van der Waals surface area contributed by atoms with Gasteiger partial charge < -0.3 is 9.15 Å². The van der Waals surface area contributed by atoms with Crippen LogP contribution in [0.2, 0.25) is 0 Å². The fraction of sp³-hybridized carbons (Fsp3) is 0.158. The molecule has 0 fully saturated rings. The minimum absolute atomic E-state index is 0.365. The van der Waals surface area contributed by atoms with E-state index in [1.54, 1.807) is 43.9 Å². The summed E-state index contributed by atoms with van der Waals surface area (Å²) in [6, 6.07) is 9.18. The molecule has 1 aromatic carbocycles. The van der Waals surface area contributed by atoms with Gasteiger partial charge in [-0.2, -0.15) is 5.26 Å². The first-order valence-electron chi connectivity index (χ1n) is 7.70. The summed E-state index contributed by atoms with van der Waals surface area (Å²) >= 11 is 0. The number of benzene rings is 1. The van der Waals surface area contributed by atoms with E-state index < -0.39 is 0 Å². The number of ether oxygens (including phenoxy) is 1. The van der Waals surface area contributed by atoms with Gasteiger partial charge in [0.25, 0.3) is 0 Å². The predicted octanol–water partition coefficient (Wildman–Crippen LogP) is 3.79. The molecule has 2 aromatic heterocycles. The van der Waals surface area contributed by atoms with Crippen LogP contribution in [0.4, 0.5) is 0 Å². The second-order valence-corrected chi connectivity index (χ2v) is 5.22. The Balaban J connectivity index is 1.88. The van der Waals surface area contributed by atoms with Crippen LogP contribution in [0.1, 0.15) is 12.5 Å². The number of hydrogen-bond donors (Lipinski definition) is 0. The molecule has 0 unspecified atom stereocenters. The van der Waals surface area contributed by atoms with Crippen molar-refractivity contribution in [3.05, 3.63) is 53.9 Å². The fourth-order valence-corrected chi connectivity index (χ4v) is 2.30. The summed E-state index contributed by atoms with van der Waals surface area (Å²) in [6.07, 6.45) is 6.85. The van der Waals surface area contributed by atoms with E-state index in [-0.39, 0.29) is 0 Å². The normalized spacial score (nSPS) is 11.8. The Bertz CT molecular complexity index is 996. The summed E-state index contributed by atoms with van der Waals surface area (Å²) in [4.78, 5) is 12.5. The monoisotopic (exact) mass is 332 g/mol. The summed E-state index contributed by atoms with van der Waals surface area (Å²) in [5.74, 6) is 1.05. The second kappa shape index (κ2) is 7.41. The number of nitrogens with zero attached hydrogens (tertiary/aromatic N) is 4. The smallest absolute Gasteiger partial charge is 0.230 e. The maximum atomic E-state index is 9.20. The van der Waals surface area contributed by atoms with Crippen LogP contribution in [0.3, 0.4) is 0 Å². The van der Waals surface area contributed by atoms with Gasteiger partial charge in [0.05, 0.1) is 11.1 Å². The number of hydrogen-bond acceptors (Lipinski definition) is 6. The molecule has 0 aliphatic rings. The Kier molecular flexibility index (Phi) is 4.86. The van der Waals surface area contributed by atoms with Gasteiger partial charge in [0.1, 0.15) is 23.9 Å². The van der Waals surface area contributed by atoms with Gasteiger partial charge in [0.15, 0.2) is 5.58 Å². The number of aliphatic imine (C=N–C) groups is 1. The summed E-state index contributed by atoms with van der Waals surface area (Å²) in [5.41, 5.74) is 3.30. The van der Waals surface area contributed by atoms with Crippen molar-refractivity contribution >= 4 is 17.3 Å². The molecule has 0 bridgehead atoms. The Hall–Kier alpha value is -3.46. The lowest BCUT2D eigenvalue weighted by atomic mass is 10.1.